The number of hydrogen-bond acceptors (Lipinski definition) is 1. The molecule has 94 valence electrons. The molecule has 0 heterocycles. The zero-order chi connectivity index (χ0) is 13.1. The highest BCUT2D eigenvalue weighted by Crippen LogP contribution is 2.37. The summed E-state index contributed by atoms with van der Waals surface area (Å²) in [6, 6.07) is 25.8. The maximum absolute atomic E-state index is 2.28. The van der Waals surface area contributed by atoms with Crippen LogP contribution in [0.25, 0.3) is 10.8 Å². The van der Waals surface area contributed by atoms with Crippen molar-refractivity contribution in [1.29, 1.82) is 0 Å². The first kappa shape index (κ1) is 12.3. The van der Waals surface area contributed by atoms with Crippen LogP contribution >= 0.6 is 11.8 Å². The van der Waals surface area contributed by atoms with Gasteiger partial charge < -0.3 is 0 Å². The minimum absolute atomic E-state index is 0.452. The van der Waals surface area contributed by atoms with Crippen molar-refractivity contribution in [2.45, 2.75) is 17.1 Å². The zero-order valence-corrected chi connectivity index (χ0v) is 11.7. The van der Waals surface area contributed by atoms with Crippen molar-refractivity contribution in [3.63, 3.8) is 0 Å². The van der Waals surface area contributed by atoms with E-state index in [0.717, 1.165) is 0 Å². The van der Waals surface area contributed by atoms with E-state index in [9.17, 15) is 0 Å². The molecule has 0 fully saturated rings. The van der Waals surface area contributed by atoms with E-state index in [-0.39, 0.29) is 0 Å². The molecular weight excluding hydrogens is 248 g/mol. The summed E-state index contributed by atoms with van der Waals surface area (Å²) in [6.07, 6.45) is 0. The number of rotatable bonds is 3. The topological polar surface area (TPSA) is 0 Å². The van der Waals surface area contributed by atoms with Gasteiger partial charge in [0.2, 0.25) is 0 Å². The summed E-state index contributed by atoms with van der Waals surface area (Å²) in [6.45, 7) is 2.28. The van der Waals surface area contributed by atoms with Gasteiger partial charge in [-0.2, -0.15) is 0 Å². The summed E-state index contributed by atoms with van der Waals surface area (Å²) in [5.74, 6) is 0. The highest BCUT2D eigenvalue weighted by atomic mass is 32.2. The van der Waals surface area contributed by atoms with Gasteiger partial charge >= 0.3 is 0 Å². The second-order valence-electron chi connectivity index (χ2n) is 4.64. The van der Waals surface area contributed by atoms with Gasteiger partial charge in [-0.15, -0.1) is 11.8 Å². The second-order valence-corrected chi connectivity index (χ2v) is 6.06. The molecule has 0 bridgehead atoms. The average molecular weight is 264 g/mol. The van der Waals surface area contributed by atoms with Crippen LogP contribution in [0.1, 0.15) is 17.7 Å². The molecule has 0 radical (unpaired) electrons. The van der Waals surface area contributed by atoms with Gasteiger partial charge in [-0.25, -0.2) is 0 Å². The van der Waals surface area contributed by atoms with E-state index in [1.165, 1.54) is 21.2 Å². The Balaban J connectivity index is 1.96. The first-order valence-electron chi connectivity index (χ1n) is 6.54. The Morgan fingerprint density at radius 2 is 1.42 bits per heavy atom. The largest absolute Gasteiger partial charge is 0.118 e. The third-order valence-electron chi connectivity index (χ3n) is 3.32. The van der Waals surface area contributed by atoms with Gasteiger partial charge in [-0.05, 0) is 35.4 Å². The molecule has 0 saturated carbocycles. The lowest BCUT2D eigenvalue weighted by molar-refractivity contribution is 1.11. The number of thioether (sulfide) groups is 1. The maximum atomic E-state index is 2.28. The molecule has 0 spiro atoms. The van der Waals surface area contributed by atoms with Crippen LogP contribution in [-0.2, 0) is 0 Å². The molecule has 0 saturated heterocycles. The van der Waals surface area contributed by atoms with Crippen LogP contribution in [0.15, 0.2) is 77.7 Å². The minimum atomic E-state index is 0.452. The normalized spacial score (nSPS) is 12.5. The Bertz CT molecular complexity index is 668. The predicted molar refractivity (Wildman–Crippen MR) is 84.7 cm³/mol. The van der Waals surface area contributed by atoms with Gasteiger partial charge in [0.25, 0.3) is 0 Å². The quantitative estimate of drug-likeness (QED) is 0.547. The van der Waals surface area contributed by atoms with Crippen LogP contribution in [0.4, 0.5) is 0 Å². The first-order valence-corrected chi connectivity index (χ1v) is 7.42. The molecule has 1 atom stereocenters. The van der Waals surface area contributed by atoms with Gasteiger partial charge in [0.05, 0.1) is 0 Å². The standard InChI is InChI=1S/C18H16S/c1-14(19-16-10-3-2-4-11-16)17-13-7-9-15-8-5-6-12-18(15)17/h2-14H,1H3. The van der Waals surface area contributed by atoms with Crippen molar-refractivity contribution in [3.05, 3.63) is 78.4 Å². The lowest BCUT2D eigenvalue weighted by atomic mass is 10.0. The molecular formula is C18H16S. The molecule has 0 amide bonds. The summed E-state index contributed by atoms with van der Waals surface area (Å²) in [5.41, 5.74) is 1.41. The Morgan fingerprint density at radius 3 is 2.26 bits per heavy atom. The molecule has 3 aromatic carbocycles. The highest BCUT2D eigenvalue weighted by molar-refractivity contribution is 7.99. The average Bonchev–Trinajstić information content (AvgIpc) is 2.47. The van der Waals surface area contributed by atoms with E-state index < -0.39 is 0 Å². The summed E-state index contributed by atoms with van der Waals surface area (Å²) in [7, 11) is 0. The predicted octanol–water partition coefficient (Wildman–Crippen LogP) is 5.69. The Kier molecular flexibility index (Phi) is 3.56. The third-order valence-corrected chi connectivity index (χ3v) is 4.47. The van der Waals surface area contributed by atoms with Gasteiger partial charge in [-0.3, -0.25) is 0 Å². The molecule has 19 heavy (non-hydrogen) atoms. The van der Waals surface area contributed by atoms with Crippen LogP contribution < -0.4 is 0 Å². The van der Waals surface area contributed by atoms with Crippen LogP contribution in [0.3, 0.4) is 0 Å². The number of hydrogen-bond donors (Lipinski definition) is 0. The van der Waals surface area contributed by atoms with E-state index in [1.807, 2.05) is 11.8 Å². The molecule has 3 aromatic rings. The van der Waals surface area contributed by atoms with Crippen LogP contribution in [0, 0.1) is 0 Å². The molecule has 0 nitrogen and oxygen atoms in total. The first-order chi connectivity index (χ1) is 9.34. The highest BCUT2D eigenvalue weighted by Gasteiger charge is 2.10. The molecule has 1 unspecified atom stereocenters. The van der Waals surface area contributed by atoms with Crippen molar-refractivity contribution >= 4 is 22.5 Å². The Morgan fingerprint density at radius 1 is 0.737 bits per heavy atom. The lowest BCUT2D eigenvalue weighted by Gasteiger charge is -2.14. The zero-order valence-electron chi connectivity index (χ0n) is 10.9. The fraction of sp³-hybridized carbons (Fsp3) is 0.111. The van der Waals surface area contributed by atoms with Gasteiger partial charge in [0.15, 0.2) is 0 Å². The van der Waals surface area contributed by atoms with Gasteiger partial charge in [0.1, 0.15) is 0 Å². The van der Waals surface area contributed by atoms with E-state index in [0.29, 0.717) is 5.25 Å². The van der Waals surface area contributed by atoms with E-state index in [2.05, 4.69) is 79.7 Å². The third kappa shape index (κ3) is 2.66. The molecule has 0 aromatic heterocycles. The fourth-order valence-electron chi connectivity index (χ4n) is 2.37. The number of fused-ring (bicyclic) bond motifs is 1. The van der Waals surface area contributed by atoms with E-state index >= 15 is 0 Å². The van der Waals surface area contributed by atoms with E-state index in [4.69, 9.17) is 0 Å². The van der Waals surface area contributed by atoms with Crippen molar-refractivity contribution < 1.29 is 0 Å². The monoisotopic (exact) mass is 264 g/mol. The van der Waals surface area contributed by atoms with Gasteiger partial charge in [0, 0.05) is 10.1 Å². The lowest BCUT2D eigenvalue weighted by Crippen LogP contribution is -1.90. The second kappa shape index (κ2) is 5.50. The summed E-state index contributed by atoms with van der Waals surface area (Å²) in [5, 5.41) is 3.13. The minimum Gasteiger partial charge on any atom is -0.118 e. The Labute approximate surface area is 118 Å². The van der Waals surface area contributed by atoms with Gasteiger partial charge in [-0.1, -0.05) is 60.7 Å². The summed E-state index contributed by atoms with van der Waals surface area (Å²) < 4.78 is 0. The molecule has 0 aliphatic carbocycles. The van der Waals surface area contributed by atoms with Crippen molar-refractivity contribution in [2.24, 2.45) is 0 Å². The van der Waals surface area contributed by atoms with Crippen LogP contribution in [0.5, 0.6) is 0 Å². The van der Waals surface area contributed by atoms with Crippen molar-refractivity contribution in [3.8, 4) is 0 Å². The molecule has 0 N–H and O–H groups in total. The van der Waals surface area contributed by atoms with Crippen molar-refractivity contribution in [2.75, 3.05) is 0 Å². The summed E-state index contributed by atoms with van der Waals surface area (Å²) in [4.78, 5) is 1.32. The maximum Gasteiger partial charge on any atom is 0.0322 e. The molecule has 0 aliphatic heterocycles. The van der Waals surface area contributed by atoms with Crippen LogP contribution in [0.2, 0.25) is 0 Å². The summed E-state index contributed by atoms with van der Waals surface area (Å²) >= 11 is 1.91. The fourth-order valence-corrected chi connectivity index (χ4v) is 3.43. The smallest absolute Gasteiger partial charge is 0.0322 e. The molecule has 1 heteroatoms. The SMILES string of the molecule is CC(Sc1ccccc1)c1cccc2ccccc12. The van der Waals surface area contributed by atoms with Crippen LogP contribution in [-0.4, -0.2) is 0 Å². The number of benzene rings is 3. The van der Waals surface area contributed by atoms with E-state index in [1.54, 1.807) is 0 Å². The Hall–Kier alpha value is -1.73. The molecule has 3 rings (SSSR count). The van der Waals surface area contributed by atoms with Crippen molar-refractivity contribution in [1.82, 2.24) is 0 Å². The molecule has 0 aliphatic rings.